The quantitative estimate of drug-likeness (QED) is 0.787. The van der Waals surface area contributed by atoms with Gasteiger partial charge in [-0.3, -0.25) is 4.79 Å². The molecule has 0 aliphatic heterocycles. The van der Waals surface area contributed by atoms with Crippen molar-refractivity contribution in [2.24, 2.45) is 0 Å². The zero-order chi connectivity index (χ0) is 13.7. The van der Waals surface area contributed by atoms with E-state index in [0.29, 0.717) is 11.1 Å². The van der Waals surface area contributed by atoms with Gasteiger partial charge in [0.05, 0.1) is 5.56 Å². The molecule has 3 heteroatoms. The number of carbonyl (C=O) groups is 2. The molecule has 0 fully saturated rings. The molecule has 0 aromatic heterocycles. The Balaban J connectivity index is 2.19. The highest BCUT2D eigenvalue weighted by Gasteiger charge is 2.21. The summed E-state index contributed by atoms with van der Waals surface area (Å²) < 4.78 is 5.30. The van der Waals surface area contributed by atoms with Crippen LogP contribution in [0.1, 0.15) is 28.9 Å². The molecule has 0 saturated heterocycles. The Labute approximate surface area is 111 Å². The minimum atomic E-state index is -0.853. The average Bonchev–Trinajstić information content (AvgIpc) is 2.46. The van der Waals surface area contributed by atoms with E-state index in [1.54, 1.807) is 36.4 Å². The van der Waals surface area contributed by atoms with E-state index < -0.39 is 12.1 Å². The molecule has 2 aromatic rings. The van der Waals surface area contributed by atoms with Gasteiger partial charge in [-0.15, -0.1) is 0 Å². The van der Waals surface area contributed by atoms with E-state index in [-0.39, 0.29) is 5.78 Å². The molecule has 0 heterocycles. The van der Waals surface area contributed by atoms with E-state index in [9.17, 15) is 9.59 Å². The fourth-order valence-electron chi connectivity index (χ4n) is 1.76. The molecule has 0 radical (unpaired) electrons. The van der Waals surface area contributed by atoms with Gasteiger partial charge in [0, 0.05) is 0 Å². The van der Waals surface area contributed by atoms with Gasteiger partial charge in [-0.05, 0) is 24.6 Å². The molecule has 0 N–H and O–H groups in total. The van der Waals surface area contributed by atoms with Gasteiger partial charge in [-0.25, -0.2) is 4.79 Å². The van der Waals surface area contributed by atoms with E-state index in [1.165, 1.54) is 6.92 Å². The smallest absolute Gasteiger partial charge is 0.339 e. The lowest BCUT2D eigenvalue weighted by atomic mass is 10.1. The van der Waals surface area contributed by atoms with Gasteiger partial charge in [0.2, 0.25) is 0 Å². The van der Waals surface area contributed by atoms with Gasteiger partial charge in [0.1, 0.15) is 0 Å². The summed E-state index contributed by atoms with van der Waals surface area (Å²) in [6.07, 6.45) is -0.853. The first-order valence-electron chi connectivity index (χ1n) is 6.00. The number of ether oxygens (including phenoxy) is 1. The Bertz CT molecular complexity index is 561. The van der Waals surface area contributed by atoms with Crippen molar-refractivity contribution in [1.29, 1.82) is 0 Å². The van der Waals surface area contributed by atoms with Crippen molar-refractivity contribution >= 4 is 11.8 Å². The molecule has 2 rings (SSSR count). The van der Waals surface area contributed by atoms with Crippen LogP contribution >= 0.6 is 0 Å². The molecule has 0 amide bonds. The van der Waals surface area contributed by atoms with Gasteiger partial charge in [-0.1, -0.05) is 48.5 Å². The number of rotatable bonds is 4. The first-order valence-corrected chi connectivity index (χ1v) is 6.00. The summed E-state index contributed by atoms with van der Waals surface area (Å²) in [5.41, 5.74) is 1.11. The maximum atomic E-state index is 12.0. The van der Waals surface area contributed by atoms with Crippen LogP contribution in [-0.2, 0) is 9.53 Å². The Morgan fingerprint density at radius 3 is 1.95 bits per heavy atom. The lowest BCUT2D eigenvalue weighted by Gasteiger charge is -2.15. The van der Waals surface area contributed by atoms with Crippen LogP contribution < -0.4 is 0 Å². The Morgan fingerprint density at radius 1 is 0.895 bits per heavy atom. The molecule has 0 aliphatic carbocycles. The summed E-state index contributed by atoms with van der Waals surface area (Å²) in [5, 5.41) is 0. The number of hydrogen-bond donors (Lipinski definition) is 0. The van der Waals surface area contributed by atoms with Crippen LogP contribution in [0.4, 0.5) is 0 Å². The fraction of sp³-hybridized carbons (Fsp3) is 0.125. The molecule has 1 atom stereocenters. The average molecular weight is 254 g/mol. The predicted molar refractivity (Wildman–Crippen MR) is 71.7 cm³/mol. The Kier molecular flexibility index (Phi) is 4.08. The summed E-state index contributed by atoms with van der Waals surface area (Å²) in [5.74, 6) is -0.694. The molecule has 96 valence electrons. The van der Waals surface area contributed by atoms with E-state index in [1.807, 2.05) is 24.3 Å². The molecule has 19 heavy (non-hydrogen) atoms. The highest BCUT2D eigenvalue weighted by molar-refractivity contribution is 5.92. The second kappa shape index (κ2) is 5.96. The van der Waals surface area contributed by atoms with Crippen molar-refractivity contribution < 1.29 is 14.3 Å². The van der Waals surface area contributed by atoms with Crippen LogP contribution in [0.15, 0.2) is 60.7 Å². The minimum Gasteiger partial charge on any atom is -0.446 e. The molecule has 3 nitrogen and oxygen atoms in total. The second-order valence-electron chi connectivity index (χ2n) is 4.17. The van der Waals surface area contributed by atoms with Crippen LogP contribution in [0.3, 0.4) is 0 Å². The van der Waals surface area contributed by atoms with Crippen LogP contribution in [0, 0.1) is 0 Å². The zero-order valence-corrected chi connectivity index (χ0v) is 10.6. The number of ketones is 1. The van der Waals surface area contributed by atoms with E-state index in [2.05, 4.69) is 0 Å². The van der Waals surface area contributed by atoms with Crippen molar-refractivity contribution in [3.63, 3.8) is 0 Å². The summed E-state index contributed by atoms with van der Waals surface area (Å²) in [6.45, 7) is 1.41. The van der Waals surface area contributed by atoms with Gasteiger partial charge in [0.15, 0.2) is 11.9 Å². The van der Waals surface area contributed by atoms with Crippen LogP contribution in [0.2, 0.25) is 0 Å². The van der Waals surface area contributed by atoms with Crippen molar-refractivity contribution in [2.45, 2.75) is 13.0 Å². The van der Waals surface area contributed by atoms with E-state index >= 15 is 0 Å². The highest BCUT2D eigenvalue weighted by Crippen LogP contribution is 2.20. The van der Waals surface area contributed by atoms with Crippen molar-refractivity contribution in [3.8, 4) is 0 Å². The number of Topliss-reactive ketones (excluding diaryl/α,β-unsaturated/α-hetero) is 1. The molecule has 0 aliphatic rings. The first-order chi connectivity index (χ1) is 9.18. The van der Waals surface area contributed by atoms with Crippen LogP contribution in [0.25, 0.3) is 0 Å². The van der Waals surface area contributed by atoms with Crippen LogP contribution in [0.5, 0.6) is 0 Å². The van der Waals surface area contributed by atoms with E-state index in [0.717, 1.165) is 0 Å². The zero-order valence-electron chi connectivity index (χ0n) is 10.6. The number of esters is 1. The lowest BCUT2D eigenvalue weighted by Crippen LogP contribution is -2.17. The normalized spacial score (nSPS) is 11.6. The summed E-state index contributed by atoms with van der Waals surface area (Å²) in [7, 11) is 0. The Morgan fingerprint density at radius 2 is 1.42 bits per heavy atom. The molecule has 2 aromatic carbocycles. The molecular formula is C16H14O3. The predicted octanol–water partition coefficient (Wildman–Crippen LogP) is 3.17. The molecule has 0 spiro atoms. The van der Waals surface area contributed by atoms with Gasteiger partial charge >= 0.3 is 5.97 Å². The van der Waals surface area contributed by atoms with Crippen molar-refractivity contribution in [2.75, 3.05) is 0 Å². The topological polar surface area (TPSA) is 43.4 Å². The summed E-state index contributed by atoms with van der Waals surface area (Å²) >= 11 is 0. The minimum absolute atomic E-state index is 0.199. The molecule has 1 unspecified atom stereocenters. The van der Waals surface area contributed by atoms with Crippen molar-refractivity contribution in [3.05, 3.63) is 71.8 Å². The fourth-order valence-corrected chi connectivity index (χ4v) is 1.76. The third-order valence-corrected chi connectivity index (χ3v) is 2.71. The SMILES string of the molecule is CC(=O)C(OC(=O)c1ccccc1)c1ccccc1. The lowest BCUT2D eigenvalue weighted by molar-refractivity contribution is -0.125. The standard InChI is InChI=1S/C16H14O3/c1-12(17)15(13-8-4-2-5-9-13)19-16(18)14-10-6-3-7-11-14/h2-11,15H,1H3. The number of benzene rings is 2. The van der Waals surface area contributed by atoms with Gasteiger partial charge < -0.3 is 4.74 Å². The molecule has 0 saturated carbocycles. The Hall–Kier alpha value is -2.42. The number of hydrogen-bond acceptors (Lipinski definition) is 3. The summed E-state index contributed by atoms with van der Waals surface area (Å²) in [6, 6.07) is 17.6. The highest BCUT2D eigenvalue weighted by atomic mass is 16.5. The third-order valence-electron chi connectivity index (χ3n) is 2.71. The van der Waals surface area contributed by atoms with Gasteiger partial charge in [-0.2, -0.15) is 0 Å². The first kappa shape index (κ1) is 13.0. The third kappa shape index (κ3) is 3.28. The van der Waals surface area contributed by atoms with Gasteiger partial charge in [0.25, 0.3) is 0 Å². The molecule has 0 bridgehead atoms. The maximum Gasteiger partial charge on any atom is 0.339 e. The molecular weight excluding hydrogens is 240 g/mol. The van der Waals surface area contributed by atoms with E-state index in [4.69, 9.17) is 4.74 Å². The van der Waals surface area contributed by atoms with Crippen LogP contribution in [-0.4, -0.2) is 11.8 Å². The second-order valence-corrected chi connectivity index (χ2v) is 4.17. The largest absolute Gasteiger partial charge is 0.446 e. The van der Waals surface area contributed by atoms with Crippen molar-refractivity contribution in [1.82, 2.24) is 0 Å². The maximum absolute atomic E-state index is 12.0. The monoisotopic (exact) mass is 254 g/mol. The number of carbonyl (C=O) groups excluding carboxylic acids is 2. The summed E-state index contributed by atoms with van der Waals surface area (Å²) in [4.78, 5) is 23.6.